The first-order chi connectivity index (χ1) is 9.69. The average Bonchev–Trinajstić information content (AvgIpc) is 2.46. The maximum atomic E-state index is 12.1. The number of carbonyl (C=O) groups is 1. The second-order valence-corrected chi connectivity index (χ2v) is 5.30. The number of hydrogen-bond acceptors (Lipinski definition) is 3. The zero-order chi connectivity index (χ0) is 14.4. The molecule has 4 nitrogen and oxygen atoms in total. The van der Waals surface area contributed by atoms with Crippen LogP contribution in [-0.4, -0.2) is 31.5 Å². The molecule has 110 valence electrons. The van der Waals surface area contributed by atoms with Gasteiger partial charge in [0.05, 0.1) is 12.5 Å². The number of rotatable bonds is 5. The maximum absolute atomic E-state index is 12.1. The molecular formula is C16H23NO3. The van der Waals surface area contributed by atoms with Crippen LogP contribution in [0, 0.1) is 0 Å². The molecule has 1 fully saturated rings. The highest BCUT2D eigenvalue weighted by molar-refractivity contribution is 5.78. The zero-order valence-corrected chi connectivity index (χ0v) is 12.2. The van der Waals surface area contributed by atoms with Crippen LogP contribution in [0.2, 0.25) is 0 Å². The van der Waals surface area contributed by atoms with Crippen LogP contribution in [0.15, 0.2) is 30.3 Å². The molecule has 2 rings (SSSR count). The minimum Gasteiger partial charge on any atom is -0.371 e. The van der Waals surface area contributed by atoms with Crippen molar-refractivity contribution in [1.82, 2.24) is 5.32 Å². The Hall–Kier alpha value is -1.39. The minimum absolute atomic E-state index is 0.0372. The van der Waals surface area contributed by atoms with Gasteiger partial charge in [0.2, 0.25) is 5.91 Å². The van der Waals surface area contributed by atoms with E-state index in [-0.39, 0.29) is 24.3 Å². The van der Waals surface area contributed by atoms with Gasteiger partial charge in [-0.2, -0.15) is 0 Å². The lowest BCUT2D eigenvalue weighted by atomic mass is 10.0. The van der Waals surface area contributed by atoms with Crippen LogP contribution in [0.1, 0.15) is 31.7 Å². The van der Waals surface area contributed by atoms with E-state index < -0.39 is 0 Å². The zero-order valence-electron chi connectivity index (χ0n) is 12.2. The summed E-state index contributed by atoms with van der Waals surface area (Å²) in [6.45, 7) is 2.06. The number of methoxy groups -OCH3 is 1. The van der Waals surface area contributed by atoms with Gasteiger partial charge >= 0.3 is 0 Å². The summed E-state index contributed by atoms with van der Waals surface area (Å²) in [5.41, 5.74) is 0.998. The van der Waals surface area contributed by atoms with E-state index >= 15 is 0 Å². The Bertz CT molecular complexity index is 421. The van der Waals surface area contributed by atoms with Crippen molar-refractivity contribution in [3.8, 4) is 0 Å². The summed E-state index contributed by atoms with van der Waals surface area (Å²) in [6.07, 6.45) is 3.29. The minimum atomic E-state index is -0.367. The van der Waals surface area contributed by atoms with E-state index in [1.54, 1.807) is 7.11 Å². The molecule has 1 aliphatic heterocycles. The van der Waals surface area contributed by atoms with Crippen molar-refractivity contribution in [2.45, 2.75) is 51.0 Å². The first-order valence-corrected chi connectivity index (χ1v) is 7.20. The lowest BCUT2D eigenvalue weighted by molar-refractivity contribution is -0.140. The van der Waals surface area contributed by atoms with Gasteiger partial charge in [0, 0.05) is 7.11 Å². The van der Waals surface area contributed by atoms with Crippen LogP contribution in [0.4, 0.5) is 0 Å². The van der Waals surface area contributed by atoms with Gasteiger partial charge in [-0.15, -0.1) is 0 Å². The maximum Gasteiger partial charge on any atom is 0.226 e. The van der Waals surface area contributed by atoms with Crippen LogP contribution in [0.25, 0.3) is 0 Å². The SMILES string of the molecule is CO[C@H](NC(=O)Cc1ccccc1)[C@@H]1CCC[C@@H](C)O1. The summed E-state index contributed by atoms with van der Waals surface area (Å²) in [5, 5.41) is 2.92. The number of benzene rings is 1. The Kier molecular flexibility index (Phi) is 5.56. The van der Waals surface area contributed by atoms with Crippen molar-refractivity contribution in [2.75, 3.05) is 7.11 Å². The second kappa shape index (κ2) is 7.41. The molecule has 1 aromatic carbocycles. The van der Waals surface area contributed by atoms with Crippen molar-refractivity contribution in [2.24, 2.45) is 0 Å². The second-order valence-electron chi connectivity index (χ2n) is 5.30. The highest BCUT2D eigenvalue weighted by atomic mass is 16.5. The summed E-state index contributed by atoms with van der Waals surface area (Å²) >= 11 is 0. The fraction of sp³-hybridized carbons (Fsp3) is 0.562. The first-order valence-electron chi connectivity index (χ1n) is 7.20. The average molecular weight is 277 g/mol. The fourth-order valence-electron chi connectivity index (χ4n) is 2.56. The molecule has 0 aliphatic carbocycles. The highest BCUT2D eigenvalue weighted by Crippen LogP contribution is 2.21. The van der Waals surface area contributed by atoms with Crippen molar-refractivity contribution < 1.29 is 14.3 Å². The van der Waals surface area contributed by atoms with Gasteiger partial charge in [-0.25, -0.2) is 0 Å². The van der Waals surface area contributed by atoms with E-state index in [0.717, 1.165) is 24.8 Å². The lowest BCUT2D eigenvalue weighted by Crippen LogP contribution is -2.48. The Morgan fingerprint density at radius 1 is 1.40 bits per heavy atom. The van der Waals surface area contributed by atoms with Gasteiger partial charge < -0.3 is 14.8 Å². The molecule has 0 saturated carbocycles. The Morgan fingerprint density at radius 2 is 2.15 bits per heavy atom. The van der Waals surface area contributed by atoms with Crippen LogP contribution >= 0.6 is 0 Å². The monoisotopic (exact) mass is 277 g/mol. The molecule has 0 bridgehead atoms. The first kappa shape index (κ1) is 15.0. The molecule has 1 N–H and O–H groups in total. The van der Waals surface area contributed by atoms with Crippen LogP contribution in [-0.2, 0) is 20.7 Å². The Balaban J connectivity index is 1.87. The van der Waals surface area contributed by atoms with Crippen molar-refractivity contribution >= 4 is 5.91 Å². The van der Waals surface area contributed by atoms with Crippen molar-refractivity contribution in [3.05, 3.63) is 35.9 Å². The highest BCUT2D eigenvalue weighted by Gasteiger charge is 2.28. The Labute approximate surface area is 120 Å². The van der Waals surface area contributed by atoms with Crippen LogP contribution < -0.4 is 5.32 Å². The number of amides is 1. The summed E-state index contributed by atoms with van der Waals surface area (Å²) in [4.78, 5) is 12.1. The smallest absolute Gasteiger partial charge is 0.226 e. The third kappa shape index (κ3) is 4.32. The molecule has 20 heavy (non-hydrogen) atoms. The van der Waals surface area contributed by atoms with E-state index in [2.05, 4.69) is 12.2 Å². The summed E-state index contributed by atoms with van der Waals surface area (Å²) in [7, 11) is 1.61. The van der Waals surface area contributed by atoms with E-state index in [1.165, 1.54) is 0 Å². The van der Waals surface area contributed by atoms with Gasteiger partial charge in [0.1, 0.15) is 6.10 Å². The molecule has 1 heterocycles. The number of carbonyl (C=O) groups excluding carboxylic acids is 1. The van der Waals surface area contributed by atoms with Gasteiger partial charge in [-0.1, -0.05) is 30.3 Å². The van der Waals surface area contributed by atoms with Gasteiger partial charge in [0.15, 0.2) is 6.23 Å². The number of hydrogen-bond donors (Lipinski definition) is 1. The molecule has 1 saturated heterocycles. The van der Waals surface area contributed by atoms with E-state index in [9.17, 15) is 4.79 Å². The fourth-order valence-corrected chi connectivity index (χ4v) is 2.56. The lowest BCUT2D eigenvalue weighted by Gasteiger charge is -2.33. The van der Waals surface area contributed by atoms with Gasteiger partial charge in [0.25, 0.3) is 0 Å². The molecule has 0 aromatic heterocycles. The molecule has 0 spiro atoms. The summed E-state index contributed by atoms with van der Waals surface area (Å²) in [6, 6.07) is 9.70. The standard InChI is InChI=1S/C16H23NO3/c1-12-7-6-10-14(20-12)16(19-2)17-15(18)11-13-8-4-3-5-9-13/h3-5,8-9,12,14,16H,6-7,10-11H2,1-2H3,(H,17,18)/t12-,14+,16+/m1/s1. The molecule has 1 aromatic rings. The molecule has 1 amide bonds. The molecule has 1 aliphatic rings. The summed E-state index contributed by atoms with van der Waals surface area (Å²) in [5.74, 6) is -0.0372. The topological polar surface area (TPSA) is 47.6 Å². The quantitative estimate of drug-likeness (QED) is 0.840. The predicted octanol–water partition coefficient (Wildman–Crippen LogP) is 2.28. The molecule has 3 atom stereocenters. The van der Waals surface area contributed by atoms with Gasteiger partial charge in [-0.3, -0.25) is 4.79 Å². The van der Waals surface area contributed by atoms with E-state index in [1.807, 2.05) is 30.3 Å². The third-order valence-corrected chi connectivity index (χ3v) is 3.61. The normalized spacial score (nSPS) is 24.1. The molecule has 0 radical (unpaired) electrons. The largest absolute Gasteiger partial charge is 0.371 e. The molecule has 4 heteroatoms. The van der Waals surface area contributed by atoms with Crippen molar-refractivity contribution in [3.63, 3.8) is 0 Å². The summed E-state index contributed by atoms with van der Waals surface area (Å²) < 4.78 is 11.2. The van der Waals surface area contributed by atoms with E-state index in [0.29, 0.717) is 6.42 Å². The van der Waals surface area contributed by atoms with Crippen LogP contribution in [0.5, 0.6) is 0 Å². The van der Waals surface area contributed by atoms with Crippen molar-refractivity contribution in [1.29, 1.82) is 0 Å². The molecule has 0 unspecified atom stereocenters. The number of ether oxygens (including phenoxy) is 2. The van der Waals surface area contributed by atoms with Crippen LogP contribution in [0.3, 0.4) is 0 Å². The third-order valence-electron chi connectivity index (χ3n) is 3.61. The predicted molar refractivity (Wildman–Crippen MR) is 77.3 cm³/mol. The van der Waals surface area contributed by atoms with E-state index in [4.69, 9.17) is 9.47 Å². The van der Waals surface area contributed by atoms with Gasteiger partial charge in [-0.05, 0) is 31.7 Å². The number of nitrogens with one attached hydrogen (secondary N) is 1. The molecular weight excluding hydrogens is 254 g/mol. The Morgan fingerprint density at radius 3 is 2.80 bits per heavy atom.